The molecule has 0 aliphatic heterocycles. The fourth-order valence-corrected chi connectivity index (χ4v) is 2.75. The van der Waals surface area contributed by atoms with E-state index in [9.17, 15) is 4.57 Å². The standard InChI is InChI=1S/C7H17O2P/c1-7(4-5-8)6-10(2,3)9/h7-8H,4-6H2,1-3H3. The van der Waals surface area contributed by atoms with E-state index in [1.807, 2.05) is 6.92 Å². The maximum Gasteiger partial charge on any atom is 0.0821 e. The zero-order valence-corrected chi connectivity index (χ0v) is 7.90. The smallest absolute Gasteiger partial charge is 0.0821 e. The van der Waals surface area contributed by atoms with Crippen LogP contribution in [-0.4, -0.2) is 31.2 Å². The van der Waals surface area contributed by atoms with E-state index < -0.39 is 7.14 Å². The highest BCUT2D eigenvalue weighted by Gasteiger charge is 2.11. The summed E-state index contributed by atoms with van der Waals surface area (Å²) in [6, 6.07) is 0. The minimum Gasteiger partial charge on any atom is -0.396 e. The van der Waals surface area contributed by atoms with Crippen molar-refractivity contribution in [1.29, 1.82) is 0 Å². The zero-order valence-electron chi connectivity index (χ0n) is 7.00. The Labute approximate surface area is 63.0 Å². The van der Waals surface area contributed by atoms with Crippen molar-refractivity contribution in [1.82, 2.24) is 0 Å². The van der Waals surface area contributed by atoms with Crippen LogP contribution in [0.4, 0.5) is 0 Å². The second kappa shape index (κ2) is 4.15. The van der Waals surface area contributed by atoms with Crippen molar-refractivity contribution >= 4 is 7.14 Å². The van der Waals surface area contributed by atoms with E-state index in [2.05, 4.69) is 0 Å². The Morgan fingerprint density at radius 1 is 1.50 bits per heavy atom. The molecule has 0 aromatic heterocycles. The van der Waals surface area contributed by atoms with Crippen molar-refractivity contribution in [2.45, 2.75) is 13.3 Å². The normalized spacial score (nSPS) is 15.2. The SMILES string of the molecule is CC(CCO)CP(C)(C)=O. The molecule has 0 aliphatic carbocycles. The van der Waals surface area contributed by atoms with E-state index in [0.717, 1.165) is 12.6 Å². The number of hydrogen-bond acceptors (Lipinski definition) is 2. The lowest BCUT2D eigenvalue weighted by Crippen LogP contribution is -2.03. The topological polar surface area (TPSA) is 37.3 Å². The third-order valence-corrected chi connectivity index (χ3v) is 2.88. The quantitative estimate of drug-likeness (QED) is 0.641. The molecule has 3 heteroatoms. The first-order chi connectivity index (χ1) is 4.45. The second-order valence-electron chi connectivity index (χ2n) is 3.37. The van der Waals surface area contributed by atoms with Gasteiger partial charge in [-0.2, -0.15) is 0 Å². The summed E-state index contributed by atoms with van der Waals surface area (Å²) in [5, 5.41) is 8.54. The largest absolute Gasteiger partial charge is 0.396 e. The lowest BCUT2D eigenvalue weighted by molar-refractivity contribution is 0.268. The average Bonchev–Trinajstić information content (AvgIpc) is 1.59. The first-order valence-electron chi connectivity index (χ1n) is 3.60. The number of aliphatic hydroxyl groups is 1. The van der Waals surface area contributed by atoms with Crippen LogP contribution in [0.3, 0.4) is 0 Å². The molecule has 0 rings (SSSR count). The van der Waals surface area contributed by atoms with Crippen molar-refractivity contribution in [3.05, 3.63) is 0 Å². The molecular formula is C7H17O2P. The Bertz CT molecular complexity index is 128. The van der Waals surface area contributed by atoms with Gasteiger partial charge in [0.15, 0.2) is 0 Å². The van der Waals surface area contributed by atoms with Crippen LogP contribution in [0.2, 0.25) is 0 Å². The van der Waals surface area contributed by atoms with Crippen molar-refractivity contribution < 1.29 is 9.67 Å². The minimum atomic E-state index is -1.86. The lowest BCUT2D eigenvalue weighted by atomic mass is 10.1. The van der Waals surface area contributed by atoms with Crippen LogP contribution in [0.1, 0.15) is 13.3 Å². The van der Waals surface area contributed by atoms with E-state index in [4.69, 9.17) is 5.11 Å². The van der Waals surface area contributed by atoms with E-state index >= 15 is 0 Å². The third-order valence-electron chi connectivity index (χ3n) is 1.37. The molecule has 0 saturated heterocycles. The summed E-state index contributed by atoms with van der Waals surface area (Å²) in [5.74, 6) is 0.394. The molecule has 0 aliphatic rings. The van der Waals surface area contributed by atoms with Crippen LogP contribution in [0.5, 0.6) is 0 Å². The van der Waals surface area contributed by atoms with E-state index in [1.54, 1.807) is 13.3 Å². The molecule has 0 aromatic rings. The van der Waals surface area contributed by atoms with E-state index in [0.29, 0.717) is 5.92 Å². The summed E-state index contributed by atoms with van der Waals surface area (Å²) < 4.78 is 11.2. The molecule has 62 valence electrons. The Morgan fingerprint density at radius 2 is 2.00 bits per heavy atom. The minimum absolute atomic E-state index is 0.209. The van der Waals surface area contributed by atoms with Crippen LogP contribution in [0.25, 0.3) is 0 Å². The Morgan fingerprint density at radius 3 is 2.30 bits per heavy atom. The van der Waals surface area contributed by atoms with Gasteiger partial charge in [-0.15, -0.1) is 0 Å². The molecule has 2 nitrogen and oxygen atoms in total. The highest BCUT2D eigenvalue weighted by Crippen LogP contribution is 2.38. The Kier molecular flexibility index (Phi) is 4.23. The summed E-state index contributed by atoms with van der Waals surface area (Å²) in [4.78, 5) is 0. The monoisotopic (exact) mass is 164 g/mol. The first-order valence-corrected chi connectivity index (χ1v) is 6.39. The fourth-order valence-electron chi connectivity index (χ4n) is 1.06. The van der Waals surface area contributed by atoms with Crippen molar-refractivity contribution in [2.24, 2.45) is 5.92 Å². The van der Waals surface area contributed by atoms with Gasteiger partial charge in [0.2, 0.25) is 0 Å². The van der Waals surface area contributed by atoms with E-state index in [1.165, 1.54) is 0 Å². The van der Waals surface area contributed by atoms with Gasteiger partial charge in [-0.3, -0.25) is 0 Å². The molecule has 0 spiro atoms. The molecule has 10 heavy (non-hydrogen) atoms. The predicted molar refractivity (Wildman–Crippen MR) is 45.2 cm³/mol. The van der Waals surface area contributed by atoms with Gasteiger partial charge in [0, 0.05) is 12.8 Å². The molecule has 1 unspecified atom stereocenters. The van der Waals surface area contributed by atoms with E-state index in [-0.39, 0.29) is 6.61 Å². The summed E-state index contributed by atoms with van der Waals surface area (Å²) >= 11 is 0. The van der Waals surface area contributed by atoms with Gasteiger partial charge in [0.25, 0.3) is 0 Å². The Balaban J connectivity index is 3.58. The van der Waals surface area contributed by atoms with Crippen LogP contribution in [-0.2, 0) is 4.57 Å². The molecule has 0 bridgehead atoms. The van der Waals surface area contributed by atoms with Gasteiger partial charge >= 0.3 is 0 Å². The number of rotatable bonds is 4. The van der Waals surface area contributed by atoms with Crippen LogP contribution in [0, 0.1) is 5.92 Å². The van der Waals surface area contributed by atoms with Gasteiger partial charge in [-0.05, 0) is 25.7 Å². The number of hydrogen-bond donors (Lipinski definition) is 1. The summed E-state index contributed by atoms with van der Waals surface area (Å²) in [5.41, 5.74) is 0. The summed E-state index contributed by atoms with van der Waals surface area (Å²) in [6.07, 6.45) is 1.53. The van der Waals surface area contributed by atoms with Gasteiger partial charge in [0.05, 0.1) is 7.14 Å². The first kappa shape index (κ1) is 10.2. The van der Waals surface area contributed by atoms with Gasteiger partial charge < -0.3 is 9.67 Å². The van der Waals surface area contributed by atoms with Gasteiger partial charge in [-0.25, -0.2) is 0 Å². The average molecular weight is 164 g/mol. The summed E-state index contributed by atoms with van der Waals surface area (Å²) in [6.45, 7) is 5.82. The van der Waals surface area contributed by atoms with Gasteiger partial charge in [-0.1, -0.05) is 6.92 Å². The molecule has 0 fully saturated rings. The molecular weight excluding hydrogens is 147 g/mol. The van der Waals surface area contributed by atoms with Crippen LogP contribution < -0.4 is 0 Å². The highest BCUT2D eigenvalue weighted by molar-refractivity contribution is 7.62. The van der Waals surface area contributed by atoms with Crippen molar-refractivity contribution in [3.63, 3.8) is 0 Å². The summed E-state index contributed by atoms with van der Waals surface area (Å²) in [7, 11) is -1.86. The second-order valence-corrected chi connectivity index (χ2v) is 6.89. The third kappa shape index (κ3) is 6.31. The van der Waals surface area contributed by atoms with Gasteiger partial charge in [0.1, 0.15) is 0 Å². The van der Waals surface area contributed by atoms with Crippen molar-refractivity contribution in [3.8, 4) is 0 Å². The van der Waals surface area contributed by atoms with Crippen molar-refractivity contribution in [2.75, 3.05) is 26.1 Å². The maximum absolute atomic E-state index is 11.2. The molecule has 0 aromatic carbocycles. The van der Waals surface area contributed by atoms with Crippen LogP contribution >= 0.6 is 7.14 Å². The molecule has 1 N–H and O–H groups in total. The molecule has 0 amide bonds. The predicted octanol–water partition coefficient (Wildman–Crippen LogP) is 1.63. The Hall–Kier alpha value is 0.190. The lowest BCUT2D eigenvalue weighted by Gasteiger charge is -2.12. The molecule has 0 heterocycles. The molecule has 0 saturated carbocycles. The number of aliphatic hydroxyl groups excluding tert-OH is 1. The fraction of sp³-hybridized carbons (Fsp3) is 1.00. The van der Waals surface area contributed by atoms with Crippen LogP contribution in [0.15, 0.2) is 0 Å². The maximum atomic E-state index is 11.2. The highest BCUT2D eigenvalue weighted by atomic mass is 31.2. The molecule has 1 atom stereocenters. The molecule has 0 radical (unpaired) electrons. The zero-order chi connectivity index (χ0) is 8.20.